The van der Waals surface area contributed by atoms with Crippen LogP contribution in [-0.4, -0.2) is 35.7 Å². The third-order valence-electron chi connectivity index (χ3n) is 3.95. The van der Waals surface area contributed by atoms with E-state index in [1.807, 2.05) is 22.8 Å². The minimum absolute atomic E-state index is 0.197. The maximum atomic E-state index is 12.0. The molecule has 0 aliphatic heterocycles. The Labute approximate surface area is 162 Å². The average molecular weight is 382 g/mol. The normalized spacial score (nSPS) is 12.5. The van der Waals surface area contributed by atoms with Gasteiger partial charge >= 0.3 is 11.8 Å². The average Bonchev–Trinajstić information content (AvgIpc) is 2.69. The second-order valence-corrected chi connectivity index (χ2v) is 6.23. The van der Waals surface area contributed by atoms with E-state index in [0.717, 1.165) is 11.1 Å². The summed E-state index contributed by atoms with van der Waals surface area (Å²) < 4.78 is 0. The highest BCUT2D eigenvalue weighted by atomic mass is 16.2. The summed E-state index contributed by atoms with van der Waals surface area (Å²) in [5, 5.41) is 3.77. The lowest BCUT2D eigenvalue weighted by atomic mass is 10.1. The van der Waals surface area contributed by atoms with E-state index in [1.165, 1.54) is 0 Å². The van der Waals surface area contributed by atoms with Crippen molar-refractivity contribution in [3.05, 3.63) is 71.8 Å². The molecule has 0 bridgehead atoms. The molecule has 8 heteroatoms. The highest BCUT2D eigenvalue weighted by molar-refractivity contribution is 6.40. The van der Waals surface area contributed by atoms with Crippen LogP contribution in [0.25, 0.3) is 0 Å². The molecule has 2 rings (SSSR count). The molecule has 146 valence electrons. The zero-order chi connectivity index (χ0) is 20.5. The molecule has 6 N–H and O–H groups in total. The van der Waals surface area contributed by atoms with Crippen molar-refractivity contribution in [1.82, 2.24) is 10.6 Å². The molecule has 0 aromatic heterocycles. The molecule has 2 aromatic rings. The molecule has 0 saturated carbocycles. The summed E-state index contributed by atoms with van der Waals surface area (Å²) in [4.78, 5) is 47.6. The summed E-state index contributed by atoms with van der Waals surface area (Å²) in [5.74, 6) is -4.17. The van der Waals surface area contributed by atoms with Crippen LogP contribution in [-0.2, 0) is 32.0 Å². The van der Waals surface area contributed by atoms with Crippen molar-refractivity contribution in [3.8, 4) is 0 Å². The number of rotatable bonds is 6. The van der Waals surface area contributed by atoms with Gasteiger partial charge in [-0.15, -0.1) is 0 Å². The fourth-order valence-electron chi connectivity index (χ4n) is 2.44. The standard InChI is InChI=1S/C20H22N4O4/c21-15(11-13-7-3-1-4-8-13)17(25)23-19(27)20(28)24-18(26)16(22)12-14-9-5-2-6-10-14/h1-10,15-16H,11-12,21-22H2,(H,23,25,27)(H,24,26,28). The van der Waals surface area contributed by atoms with Crippen molar-refractivity contribution in [2.45, 2.75) is 24.9 Å². The molecular formula is C20H22N4O4. The summed E-state index contributed by atoms with van der Waals surface area (Å²) in [6.07, 6.45) is 0.394. The lowest BCUT2D eigenvalue weighted by Crippen LogP contribution is -2.52. The van der Waals surface area contributed by atoms with E-state index in [0.29, 0.717) is 0 Å². The Kier molecular flexibility index (Phi) is 7.55. The number of nitrogens with one attached hydrogen (secondary N) is 2. The molecule has 28 heavy (non-hydrogen) atoms. The van der Waals surface area contributed by atoms with E-state index < -0.39 is 35.7 Å². The fraction of sp³-hybridized carbons (Fsp3) is 0.200. The van der Waals surface area contributed by atoms with Crippen LogP contribution in [0.2, 0.25) is 0 Å². The maximum absolute atomic E-state index is 12.0. The van der Waals surface area contributed by atoms with E-state index in [2.05, 4.69) is 0 Å². The van der Waals surface area contributed by atoms with Crippen LogP contribution in [0.1, 0.15) is 11.1 Å². The number of hydrogen-bond acceptors (Lipinski definition) is 6. The lowest BCUT2D eigenvalue weighted by molar-refractivity contribution is -0.145. The zero-order valence-corrected chi connectivity index (χ0v) is 15.1. The van der Waals surface area contributed by atoms with Crippen LogP contribution in [0.5, 0.6) is 0 Å². The van der Waals surface area contributed by atoms with Crippen molar-refractivity contribution in [2.24, 2.45) is 11.5 Å². The van der Waals surface area contributed by atoms with Gasteiger partial charge in [-0.2, -0.15) is 0 Å². The quantitative estimate of drug-likeness (QED) is 0.492. The second kappa shape index (κ2) is 10.1. The second-order valence-electron chi connectivity index (χ2n) is 6.23. The van der Waals surface area contributed by atoms with Crippen molar-refractivity contribution in [3.63, 3.8) is 0 Å². The number of hydrogen-bond donors (Lipinski definition) is 4. The van der Waals surface area contributed by atoms with E-state index >= 15 is 0 Å². The van der Waals surface area contributed by atoms with Gasteiger partial charge in [0.1, 0.15) is 0 Å². The van der Waals surface area contributed by atoms with Crippen molar-refractivity contribution in [2.75, 3.05) is 0 Å². The van der Waals surface area contributed by atoms with E-state index in [1.54, 1.807) is 48.5 Å². The molecule has 0 fully saturated rings. The highest BCUT2D eigenvalue weighted by Crippen LogP contribution is 2.03. The molecule has 2 aromatic carbocycles. The Balaban J connectivity index is 1.81. The van der Waals surface area contributed by atoms with Gasteiger partial charge in [0.05, 0.1) is 12.1 Å². The van der Waals surface area contributed by atoms with Gasteiger partial charge in [0.25, 0.3) is 0 Å². The third-order valence-corrected chi connectivity index (χ3v) is 3.95. The van der Waals surface area contributed by atoms with Gasteiger partial charge in [0.2, 0.25) is 11.8 Å². The first kappa shape index (κ1) is 20.9. The van der Waals surface area contributed by atoms with E-state index in [4.69, 9.17) is 11.5 Å². The van der Waals surface area contributed by atoms with Gasteiger partial charge < -0.3 is 11.5 Å². The van der Waals surface area contributed by atoms with Crippen molar-refractivity contribution < 1.29 is 19.2 Å². The number of carbonyl (C=O) groups is 4. The number of amides is 4. The fourth-order valence-corrected chi connectivity index (χ4v) is 2.44. The molecular weight excluding hydrogens is 360 g/mol. The van der Waals surface area contributed by atoms with Gasteiger partial charge in [0.15, 0.2) is 0 Å². The summed E-state index contributed by atoms with van der Waals surface area (Å²) in [6, 6.07) is 15.9. The number of nitrogens with two attached hydrogens (primary N) is 2. The Morgan fingerprint density at radius 1 is 0.643 bits per heavy atom. The summed E-state index contributed by atoms with van der Waals surface area (Å²) in [5.41, 5.74) is 13.1. The number of benzene rings is 2. The highest BCUT2D eigenvalue weighted by Gasteiger charge is 2.24. The summed E-state index contributed by atoms with van der Waals surface area (Å²) >= 11 is 0. The minimum atomic E-state index is -1.27. The van der Waals surface area contributed by atoms with Gasteiger partial charge in [-0.05, 0) is 24.0 Å². The van der Waals surface area contributed by atoms with Gasteiger partial charge in [-0.25, -0.2) is 0 Å². The monoisotopic (exact) mass is 382 g/mol. The predicted molar refractivity (Wildman–Crippen MR) is 103 cm³/mol. The van der Waals surface area contributed by atoms with Crippen LogP contribution in [0.3, 0.4) is 0 Å². The molecule has 2 atom stereocenters. The molecule has 4 amide bonds. The van der Waals surface area contributed by atoms with Crippen LogP contribution in [0.4, 0.5) is 0 Å². The molecule has 0 saturated heterocycles. The minimum Gasteiger partial charge on any atom is -0.320 e. The summed E-state index contributed by atoms with van der Waals surface area (Å²) in [7, 11) is 0. The topological polar surface area (TPSA) is 144 Å². The Morgan fingerprint density at radius 2 is 0.964 bits per heavy atom. The smallest absolute Gasteiger partial charge is 0.316 e. The molecule has 0 aliphatic rings. The first-order valence-corrected chi connectivity index (χ1v) is 8.66. The van der Waals surface area contributed by atoms with E-state index in [-0.39, 0.29) is 12.8 Å². The largest absolute Gasteiger partial charge is 0.320 e. The van der Waals surface area contributed by atoms with Gasteiger partial charge in [-0.3, -0.25) is 29.8 Å². The Morgan fingerprint density at radius 3 is 1.29 bits per heavy atom. The lowest BCUT2D eigenvalue weighted by Gasteiger charge is -2.13. The zero-order valence-electron chi connectivity index (χ0n) is 15.1. The van der Waals surface area contributed by atoms with Crippen molar-refractivity contribution in [1.29, 1.82) is 0 Å². The molecule has 2 unspecified atom stereocenters. The molecule has 0 heterocycles. The van der Waals surface area contributed by atoms with Crippen molar-refractivity contribution >= 4 is 23.6 Å². The van der Waals surface area contributed by atoms with Gasteiger partial charge in [0, 0.05) is 0 Å². The Hall–Kier alpha value is -3.36. The van der Waals surface area contributed by atoms with Crippen LogP contribution in [0.15, 0.2) is 60.7 Å². The van der Waals surface area contributed by atoms with Gasteiger partial charge in [-0.1, -0.05) is 60.7 Å². The molecule has 8 nitrogen and oxygen atoms in total. The number of carbonyl (C=O) groups excluding carboxylic acids is 4. The summed E-state index contributed by atoms with van der Waals surface area (Å²) in [6.45, 7) is 0. The maximum Gasteiger partial charge on any atom is 0.316 e. The first-order chi connectivity index (χ1) is 13.4. The molecule has 0 aliphatic carbocycles. The Bertz CT molecular complexity index is 768. The van der Waals surface area contributed by atoms with E-state index in [9.17, 15) is 19.2 Å². The predicted octanol–water partition coefficient (Wildman–Crippen LogP) is -0.588. The van der Waals surface area contributed by atoms with Crippen LogP contribution >= 0.6 is 0 Å². The molecule has 0 spiro atoms. The molecule has 0 radical (unpaired) electrons. The SMILES string of the molecule is NC(Cc1ccccc1)C(=O)NC(=O)C(=O)NC(=O)C(N)Cc1ccccc1. The first-order valence-electron chi connectivity index (χ1n) is 8.66. The third kappa shape index (κ3) is 6.42. The number of imide groups is 2. The van der Waals surface area contributed by atoms with Crippen LogP contribution < -0.4 is 22.1 Å². The van der Waals surface area contributed by atoms with Crippen LogP contribution in [0, 0.1) is 0 Å².